The van der Waals surface area contributed by atoms with E-state index in [-0.39, 0.29) is 57.4 Å². The van der Waals surface area contributed by atoms with E-state index in [4.69, 9.17) is 26.4 Å². The van der Waals surface area contributed by atoms with Gasteiger partial charge in [-0.2, -0.15) is 0 Å². The van der Waals surface area contributed by atoms with Gasteiger partial charge < -0.3 is 71.2 Å². The third-order valence-corrected chi connectivity index (χ3v) is 10.4. The average molecular weight is 1740 g/mol. The van der Waals surface area contributed by atoms with Crippen molar-refractivity contribution < 1.29 is 61.7 Å². The number of nitrogens with two attached hydrogens (primary N) is 2. The number of halogens is 6. The standard InChI is InChI=1S/C15H26N4O3S.C14H24N4O3S.C6H14N2O2.C5H12N2O2.2CH4.I3.I2.HI/c1-10(2)13-16-11(9-23-13)7-19(5)15(21)17-12(8-18(3)4)14(20)22-6;1-9(2)12-15-10(8-22-12)6-18(5)14(21)16-11(13(19)20)7-17(3)4;1-8(2)4-5(7)6(9)10-3;1-7(2)3-4(6)5(8)9;;;1-3-2;1-2;/h9-10,12H,7-8H2,1-6H3,(H,17,21);8-9,11H,6-7H2,1-5H3,(H,16,21)(H,19,20);5H,4,7H2,1-3H3;4H,3,6H2,1-2H3,(H,8,9);2*1H4;;;1H/q;;;;;;-1;;. The third-order valence-electron chi connectivity index (χ3n) is 8.04. The van der Waals surface area contributed by atoms with Crippen molar-refractivity contribution in [3.8, 4) is 0 Å². The van der Waals surface area contributed by atoms with Crippen molar-refractivity contribution >= 4 is 157 Å². The number of thiazole rings is 2. The molecule has 0 aliphatic rings. The van der Waals surface area contributed by atoms with Gasteiger partial charge in [-0.3, -0.25) is 9.59 Å². The fourth-order valence-electron chi connectivity index (χ4n) is 4.80. The predicted octanol–water partition coefficient (Wildman–Crippen LogP) is 3.38. The Labute approximate surface area is 508 Å². The Bertz CT molecular complexity index is 1740. The molecular weight excluding hydrogens is 1660 g/mol. The fraction of sp³-hybridized carbons (Fsp3) is 0.714. The van der Waals surface area contributed by atoms with E-state index in [9.17, 15) is 28.8 Å². The van der Waals surface area contributed by atoms with Gasteiger partial charge in [0.1, 0.15) is 24.2 Å². The molecule has 0 aliphatic carbocycles. The number of urea groups is 2. The van der Waals surface area contributed by atoms with Crippen LogP contribution in [0.1, 0.15) is 75.8 Å². The van der Waals surface area contributed by atoms with Gasteiger partial charge in [-0.1, -0.05) is 42.5 Å². The fourth-order valence-corrected chi connectivity index (χ4v) is 6.45. The van der Waals surface area contributed by atoms with Gasteiger partial charge in [0, 0.05) is 100 Å². The molecule has 2 aromatic rings. The van der Waals surface area contributed by atoms with E-state index >= 15 is 0 Å². The number of carbonyl (C=O) groups excluding carboxylic acids is 4. The number of amides is 4. The third kappa shape index (κ3) is 44.9. The number of likely N-dealkylation sites (N-methyl/N-ethyl adjacent to an activating group) is 4. The van der Waals surface area contributed by atoms with E-state index in [1.54, 1.807) is 74.8 Å². The predicted molar refractivity (Wildman–Crippen MR) is 334 cm³/mol. The molecule has 0 radical (unpaired) electrons. The number of rotatable bonds is 20. The monoisotopic (exact) mass is 1740 g/mol. The molecule has 428 valence electrons. The summed E-state index contributed by atoms with van der Waals surface area (Å²) >= 11 is 12.7. The van der Waals surface area contributed by atoms with Crippen molar-refractivity contribution in [2.24, 2.45) is 11.5 Å². The normalized spacial score (nSPS) is 11.7. The molecular formula is C42H85I6N12O10S2-. The maximum atomic E-state index is 12.3. The van der Waals surface area contributed by atoms with E-state index in [0.29, 0.717) is 57.8 Å². The van der Waals surface area contributed by atoms with Gasteiger partial charge in [-0.15, -0.1) is 46.7 Å². The van der Waals surface area contributed by atoms with Crippen LogP contribution in [0, 0.1) is 0 Å². The van der Waals surface area contributed by atoms with Gasteiger partial charge >= 0.3 is 86.4 Å². The first-order valence-electron chi connectivity index (χ1n) is 20.6. The van der Waals surface area contributed by atoms with Crippen LogP contribution in [0.4, 0.5) is 9.59 Å². The summed E-state index contributed by atoms with van der Waals surface area (Å²) in [7, 11) is 20.4. The summed E-state index contributed by atoms with van der Waals surface area (Å²) in [5, 5.41) is 28.6. The van der Waals surface area contributed by atoms with Crippen molar-refractivity contribution in [3.63, 3.8) is 0 Å². The quantitative estimate of drug-likeness (QED) is 0.0819. The van der Waals surface area contributed by atoms with Crippen LogP contribution in [0.15, 0.2) is 10.8 Å². The van der Waals surface area contributed by atoms with E-state index in [2.05, 4.69) is 127 Å². The van der Waals surface area contributed by atoms with Crippen LogP contribution in [0.3, 0.4) is 0 Å². The summed E-state index contributed by atoms with van der Waals surface area (Å²) in [5.41, 5.74) is 12.2. The molecule has 22 nitrogen and oxygen atoms in total. The Morgan fingerprint density at radius 3 is 1.17 bits per heavy atom. The van der Waals surface area contributed by atoms with Crippen molar-refractivity contribution in [2.75, 3.05) is 111 Å². The van der Waals surface area contributed by atoms with Crippen molar-refractivity contribution in [1.82, 2.24) is 50.0 Å². The zero-order valence-corrected chi connectivity index (χ0v) is 57.6. The van der Waals surface area contributed by atoms with Crippen molar-refractivity contribution in [3.05, 3.63) is 32.2 Å². The SMILES string of the molecule is C.C.CC(C)c1nc(CN(C)C(=O)NC(CN(C)C)C(=O)O)cs1.CN(C)CC(N)C(=O)O.COC(=O)C(CN(C)C)NC(=O)N(C)Cc1csc(C(C)C)n1.COC(=O)C(N)CN(C)C.I.II.I[I-]I. The Morgan fingerprint density at radius 2 is 0.917 bits per heavy atom. The number of carboxylic acid groups (broad SMARTS) is 2. The zero-order chi connectivity index (χ0) is 54.7. The van der Waals surface area contributed by atoms with Gasteiger partial charge in [0.2, 0.25) is 0 Å². The first-order valence-corrected chi connectivity index (χ1v) is 41.2. The Morgan fingerprint density at radius 1 is 0.611 bits per heavy atom. The molecule has 0 saturated heterocycles. The Balaban J connectivity index is -0.000000159. The minimum atomic E-state index is -1.05. The van der Waals surface area contributed by atoms with Crippen LogP contribution < -0.4 is 35.4 Å². The topological polar surface area (TPSA) is 283 Å². The molecule has 0 fully saturated rings. The molecule has 0 aliphatic heterocycles. The van der Waals surface area contributed by atoms with Gasteiger partial charge in [-0.25, -0.2) is 29.1 Å². The molecule has 2 heterocycles. The first kappa shape index (κ1) is 85.7. The van der Waals surface area contributed by atoms with E-state index in [0.717, 1.165) is 21.4 Å². The van der Waals surface area contributed by atoms with Gasteiger partial charge in [0.05, 0.1) is 48.7 Å². The molecule has 0 aromatic carbocycles. The number of ether oxygens (including phenoxy) is 2. The van der Waals surface area contributed by atoms with Crippen molar-refractivity contribution in [1.29, 1.82) is 0 Å². The maximum absolute atomic E-state index is 12.3. The summed E-state index contributed by atoms with van der Waals surface area (Å²) in [4.78, 5) is 87.0. The molecule has 0 spiro atoms. The van der Waals surface area contributed by atoms with Gasteiger partial charge in [0.25, 0.3) is 0 Å². The second kappa shape index (κ2) is 50.3. The van der Waals surface area contributed by atoms with E-state index in [1.807, 2.05) is 48.8 Å². The number of nitrogens with one attached hydrogen (secondary N) is 2. The summed E-state index contributed by atoms with van der Waals surface area (Å²) in [6, 6.07) is -3.69. The van der Waals surface area contributed by atoms with Gasteiger partial charge in [-0.05, 0) is 56.4 Å². The van der Waals surface area contributed by atoms with Crippen LogP contribution in [0.25, 0.3) is 0 Å². The number of carboxylic acids is 2. The summed E-state index contributed by atoms with van der Waals surface area (Å²) in [6.07, 6.45) is 0. The molecule has 0 saturated carbocycles. The molecule has 30 heteroatoms. The molecule has 4 amide bonds. The van der Waals surface area contributed by atoms with Gasteiger partial charge in [0.15, 0.2) is 0 Å². The van der Waals surface area contributed by atoms with E-state index < -0.39 is 48.1 Å². The molecule has 0 bridgehead atoms. The number of esters is 2. The molecule has 8 N–H and O–H groups in total. The van der Waals surface area contributed by atoms with Crippen LogP contribution in [0.2, 0.25) is 0 Å². The van der Waals surface area contributed by atoms with Crippen LogP contribution in [-0.2, 0) is 41.7 Å². The molecule has 72 heavy (non-hydrogen) atoms. The van der Waals surface area contributed by atoms with Crippen LogP contribution >= 0.6 is 121 Å². The molecule has 2 aromatic heterocycles. The number of carbonyl (C=O) groups is 6. The summed E-state index contributed by atoms with van der Waals surface area (Å²) in [6.45, 7) is 10.6. The van der Waals surface area contributed by atoms with E-state index in [1.165, 1.54) is 24.0 Å². The first-order chi connectivity index (χ1) is 32.0. The second-order valence-electron chi connectivity index (χ2n) is 16.4. The number of nitrogens with zero attached hydrogens (tertiary/aromatic N) is 8. The number of methoxy groups -OCH3 is 2. The minimum absolute atomic E-state index is 0. The summed E-state index contributed by atoms with van der Waals surface area (Å²) < 4.78 is 9.15. The van der Waals surface area contributed by atoms with Crippen molar-refractivity contribution in [2.45, 2.75) is 91.6 Å². The molecule has 2 rings (SSSR count). The summed E-state index contributed by atoms with van der Waals surface area (Å²) in [5.74, 6) is -2.11. The number of aliphatic carboxylic acids is 2. The Kier molecular flexibility index (Phi) is 59.9. The number of aromatic nitrogens is 2. The molecule has 4 atom stereocenters. The zero-order valence-electron chi connectivity index (χ0n) is 42.9. The van der Waals surface area contributed by atoms with Crippen LogP contribution in [-0.4, -0.2) is 221 Å². The number of hydrogen-bond acceptors (Lipinski definition) is 18. The number of hydrogen-bond donors (Lipinski definition) is 6. The molecule has 4 unspecified atom stereocenters. The Hall–Kier alpha value is -0.180. The van der Waals surface area contributed by atoms with Crippen LogP contribution in [0.5, 0.6) is 0 Å². The second-order valence-corrected chi connectivity index (χ2v) is 34.4. The average Bonchev–Trinajstić information content (AvgIpc) is 3.94.